The first-order chi connectivity index (χ1) is 17.4. The van der Waals surface area contributed by atoms with Crippen LogP contribution in [0.15, 0.2) is 42.6 Å². The van der Waals surface area contributed by atoms with E-state index in [1.807, 2.05) is 11.3 Å². The van der Waals surface area contributed by atoms with Gasteiger partial charge in [0.25, 0.3) is 0 Å². The summed E-state index contributed by atoms with van der Waals surface area (Å²) in [6, 6.07) is 8.72. The summed E-state index contributed by atoms with van der Waals surface area (Å²) >= 11 is 0. The molecule has 2 unspecified atom stereocenters. The molecule has 36 heavy (non-hydrogen) atoms. The molecule has 3 N–H and O–H groups in total. The maximum Gasteiger partial charge on any atom is 0.207 e. The number of hydrogen-bond acceptors (Lipinski definition) is 7. The summed E-state index contributed by atoms with van der Waals surface area (Å²) < 4.78 is 48.1. The highest BCUT2D eigenvalue weighted by Gasteiger charge is 2.29. The van der Waals surface area contributed by atoms with Crippen LogP contribution in [0.2, 0.25) is 0 Å². The summed E-state index contributed by atoms with van der Waals surface area (Å²) in [6.45, 7) is 2.23. The minimum absolute atomic E-state index is 0.0250. The zero-order chi connectivity index (χ0) is 25.4. The first-order valence-corrected chi connectivity index (χ1v) is 11.6. The fourth-order valence-electron chi connectivity index (χ4n) is 4.53. The van der Waals surface area contributed by atoms with Gasteiger partial charge in [0.15, 0.2) is 11.5 Å². The number of aliphatic hydroxyl groups is 1. The Morgan fingerprint density at radius 2 is 2.00 bits per heavy atom. The van der Waals surface area contributed by atoms with Crippen LogP contribution in [-0.4, -0.2) is 45.9 Å². The van der Waals surface area contributed by atoms with Gasteiger partial charge in [0.05, 0.1) is 26.4 Å². The average Bonchev–Trinajstić information content (AvgIpc) is 3.29. The Morgan fingerprint density at radius 3 is 2.69 bits per heavy atom. The second kappa shape index (κ2) is 9.71. The maximum atomic E-state index is 15.4. The Kier molecular flexibility index (Phi) is 6.46. The molecule has 1 aliphatic heterocycles. The van der Waals surface area contributed by atoms with Gasteiger partial charge in [0.1, 0.15) is 34.4 Å². The second-order valence-electron chi connectivity index (χ2n) is 8.72. The molecule has 1 aliphatic rings. The van der Waals surface area contributed by atoms with Crippen LogP contribution in [0.5, 0.6) is 17.2 Å². The van der Waals surface area contributed by atoms with Crippen molar-refractivity contribution in [2.24, 2.45) is 0 Å². The molecule has 0 amide bonds. The van der Waals surface area contributed by atoms with Gasteiger partial charge in [-0.1, -0.05) is 6.07 Å². The van der Waals surface area contributed by atoms with Crippen molar-refractivity contribution >= 4 is 11.3 Å². The van der Waals surface area contributed by atoms with Crippen molar-refractivity contribution in [3.8, 4) is 28.5 Å². The molecule has 1 saturated heterocycles. The van der Waals surface area contributed by atoms with Crippen LogP contribution in [0.3, 0.4) is 0 Å². The van der Waals surface area contributed by atoms with Gasteiger partial charge in [-0.05, 0) is 44.0 Å². The average molecular weight is 497 g/mol. The monoisotopic (exact) mass is 496 g/mol. The smallest absolute Gasteiger partial charge is 0.207 e. The van der Waals surface area contributed by atoms with Gasteiger partial charge in [-0.25, -0.2) is 14.4 Å². The van der Waals surface area contributed by atoms with E-state index in [1.54, 1.807) is 12.3 Å². The number of imidazole rings is 1. The third kappa shape index (κ3) is 4.22. The Balaban J connectivity index is 1.54. The zero-order valence-corrected chi connectivity index (χ0v) is 19.9. The lowest BCUT2D eigenvalue weighted by molar-refractivity contribution is -0.0283. The van der Waals surface area contributed by atoms with E-state index in [4.69, 9.17) is 24.9 Å². The van der Waals surface area contributed by atoms with E-state index in [-0.39, 0.29) is 47.3 Å². The van der Waals surface area contributed by atoms with Gasteiger partial charge in [0, 0.05) is 29.4 Å². The van der Waals surface area contributed by atoms with Crippen molar-refractivity contribution in [2.45, 2.75) is 31.8 Å². The number of aryl methyl sites for hydroxylation is 1. The predicted molar refractivity (Wildman–Crippen MR) is 129 cm³/mol. The van der Waals surface area contributed by atoms with Crippen LogP contribution < -0.4 is 15.2 Å². The number of nitrogens with zero attached hydrogens (tertiary/aromatic N) is 3. The number of halogens is 2. The van der Waals surface area contributed by atoms with E-state index < -0.39 is 11.6 Å². The molecule has 3 heterocycles. The van der Waals surface area contributed by atoms with Crippen LogP contribution in [0.1, 0.15) is 30.3 Å². The number of ether oxygens (including phenoxy) is 3. The topological polar surface area (TPSA) is 104 Å². The third-order valence-electron chi connectivity index (χ3n) is 6.40. The normalized spacial score (nSPS) is 17.9. The maximum absolute atomic E-state index is 15.4. The van der Waals surface area contributed by atoms with Crippen molar-refractivity contribution in [1.82, 2.24) is 14.4 Å². The van der Waals surface area contributed by atoms with Crippen LogP contribution in [-0.2, 0) is 4.74 Å². The number of anilines is 1. The van der Waals surface area contributed by atoms with Crippen LogP contribution in [0.4, 0.5) is 14.6 Å². The molecule has 2 atom stereocenters. The summed E-state index contributed by atoms with van der Waals surface area (Å²) in [5.41, 5.74) is 8.09. The molecule has 0 spiro atoms. The fourth-order valence-corrected chi connectivity index (χ4v) is 4.53. The minimum Gasteiger partial charge on any atom is -0.494 e. The van der Waals surface area contributed by atoms with Crippen molar-refractivity contribution in [2.75, 3.05) is 26.1 Å². The van der Waals surface area contributed by atoms with Crippen molar-refractivity contribution < 1.29 is 28.1 Å². The predicted octanol–water partition coefficient (Wildman–Crippen LogP) is 4.62. The molecule has 0 bridgehead atoms. The van der Waals surface area contributed by atoms with Crippen LogP contribution >= 0.6 is 0 Å². The van der Waals surface area contributed by atoms with Crippen molar-refractivity contribution in [1.29, 1.82) is 0 Å². The molecule has 2 aromatic heterocycles. The summed E-state index contributed by atoms with van der Waals surface area (Å²) in [6.07, 6.45) is 2.89. The van der Waals surface area contributed by atoms with Gasteiger partial charge < -0.3 is 25.1 Å². The van der Waals surface area contributed by atoms with Gasteiger partial charge in [0.2, 0.25) is 5.82 Å². The molecule has 5 rings (SSSR count). The van der Waals surface area contributed by atoms with E-state index in [1.165, 1.54) is 37.4 Å². The Labute approximate surface area is 206 Å². The number of rotatable bonds is 6. The lowest BCUT2D eigenvalue weighted by atomic mass is 9.98. The van der Waals surface area contributed by atoms with E-state index in [2.05, 4.69) is 4.98 Å². The molecule has 0 radical (unpaired) electrons. The lowest BCUT2D eigenvalue weighted by Crippen LogP contribution is -2.28. The third-order valence-corrected chi connectivity index (χ3v) is 6.40. The van der Waals surface area contributed by atoms with Gasteiger partial charge in [-0.15, -0.1) is 0 Å². The van der Waals surface area contributed by atoms with Gasteiger partial charge >= 0.3 is 0 Å². The number of benzene rings is 2. The van der Waals surface area contributed by atoms with E-state index in [9.17, 15) is 9.50 Å². The highest BCUT2D eigenvalue weighted by molar-refractivity contribution is 5.86. The highest BCUT2D eigenvalue weighted by Crippen LogP contribution is 2.38. The summed E-state index contributed by atoms with van der Waals surface area (Å²) in [5.74, 6) is -0.374. The molecule has 8 nitrogen and oxygen atoms in total. The van der Waals surface area contributed by atoms with Crippen molar-refractivity contribution in [3.63, 3.8) is 0 Å². The lowest BCUT2D eigenvalue weighted by Gasteiger charge is -2.27. The summed E-state index contributed by atoms with van der Waals surface area (Å²) in [4.78, 5) is 9.07. The Morgan fingerprint density at radius 1 is 1.19 bits per heavy atom. The molecule has 4 aromatic rings. The van der Waals surface area contributed by atoms with E-state index in [0.717, 1.165) is 12.1 Å². The molecule has 2 aromatic carbocycles. The number of aromatic nitrogens is 3. The highest BCUT2D eigenvalue weighted by atomic mass is 19.1. The molecular weight excluding hydrogens is 470 g/mol. The first kappa shape index (κ1) is 24.0. The molecular formula is C26H26F2N4O4. The second-order valence-corrected chi connectivity index (χ2v) is 8.72. The molecule has 10 heteroatoms. The quantitative estimate of drug-likeness (QED) is 0.401. The number of fused-ring (bicyclic) bond motifs is 1. The number of nitrogens with two attached hydrogens (primary N) is 1. The van der Waals surface area contributed by atoms with E-state index in [0.29, 0.717) is 30.1 Å². The van der Waals surface area contributed by atoms with Crippen molar-refractivity contribution in [3.05, 3.63) is 65.7 Å². The zero-order valence-electron chi connectivity index (χ0n) is 19.9. The number of methoxy groups -OCH3 is 1. The molecule has 1 fully saturated rings. The Bertz CT molecular complexity index is 1420. The summed E-state index contributed by atoms with van der Waals surface area (Å²) in [5, 5.41) is 9.39. The Hall–Kier alpha value is -3.76. The minimum atomic E-state index is -0.679. The summed E-state index contributed by atoms with van der Waals surface area (Å²) in [7, 11) is 1.35. The standard InChI is InChI=1S/C26H26F2N4O4/c1-14-11-30-25(29)24-23(31-26(32(14)24)15-6-7-17(12-33)35-13-15)18-9-8-16(10-19(18)27)36-21-5-3-4-20(34-2)22(21)28/h3-5,8-11,15,17,33H,6-7,12-13H2,1-2H3,(H2,29,30). The van der Waals surface area contributed by atoms with Crippen LogP contribution in [0.25, 0.3) is 16.8 Å². The number of hydrogen-bond donors (Lipinski definition) is 2. The first-order valence-electron chi connectivity index (χ1n) is 11.6. The van der Waals surface area contributed by atoms with Crippen LogP contribution in [0, 0.1) is 18.6 Å². The van der Waals surface area contributed by atoms with E-state index >= 15 is 4.39 Å². The van der Waals surface area contributed by atoms with Gasteiger partial charge in [-0.3, -0.25) is 4.40 Å². The molecule has 0 saturated carbocycles. The van der Waals surface area contributed by atoms with Gasteiger partial charge in [-0.2, -0.15) is 4.39 Å². The fraction of sp³-hybridized carbons (Fsp3) is 0.308. The number of nitrogen functional groups attached to an aromatic ring is 1. The molecule has 188 valence electrons. The number of aliphatic hydroxyl groups excluding tert-OH is 1. The SMILES string of the molecule is COc1cccc(Oc2ccc(-c3nc(C4CCC(CO)OC4)n4c(C)cnc(N)c34)c(F)c2)c1F. The largest absolute Gasteiger partial charge is 0.494 e. The molecule has 0 aliphatic carbocycles.